The average molecular weight is 559 g/mol. The van der Waals surface area contributed by atoms with E-state index >= 15 is 0 Å². The average Bonchev–Trinajstić information content (AvgIpc) is 3.46. The van der Waals surface area contributed by atoms with Crippen molar-refractivity contribution in [3.05, 3.63) is 83.3 Å². The fourth-order valence-electron chi connectivity index (χ4n) is 4.87. The van der Waals surface area contributed by atoms with Crippen LogP contribution in [0.1, 0.15) is 42.4 Å². The lowest BCUT2D eigenvalue weighted by atomic mass is 9.92. The number of nitrogens with one attached hydrogen (secondary N) is 1. The van der Waals surface area contributed by atoms with Gasteiger partial charge in [0.05, 0.1) is 24.6 Å². The van der Waals surface area contributed by atoms with E-state index in [2.05, 4.69) is 15.1 Å². The van der Waals surface area contributed by atoms with Crippen LogP contribution >= 0.6 is 0 Å². The van der Waals surface area contributed by atoms with Gasteiger partial charge in [-0.05, 0) is 48.2 Å². The molecule has 0 bridgehead atoms. The molecule has 0 unspecified atom stereocenters. The summed E-state index contributed by atoms with van der Waals surface area (Å²) >= 11 is 0. The fraction of sp³-hybridized carbons (Fsp3) is 0.344. The van der Waals surface area contributed by atoms with Crippen LogP contribution in [0, 0.1) is 12.7 Å². The highest BCUT2D eigenvalue weighted by Gasteiger charge is 2.30. The first kappa shape index (κ1) is 28.4. The van der Waals surface area contributed by atoms with Crippen molar-refractivity contribution in [3.8, 4) is 5.75 Å². The largest absolute Gasteiger partial charge is 0.492 e. The maximum Gasteiger partial charge on any atom is 0.305 e. The number of amides is 1. The van der Waals surface area contributed by atoms with Crippen LogP contribution in [0.15, 0.2) is 60.7 Å². The highest BCUT2D eigenvalue weighted by molar-refractivity contribution is 6.50. The predicted octanol–water partition coefficient (Wildman–Crippen LogP) is 5.57. The van der Waals surface area contributed by atoms with Crippen molar-refractivity contribution in [2.75, 3.05) is 44.4 Å². The number of rotatable bonds is 8. The third-order valence-electron chi connectivity index (χ3n) is 7.27. The number of aromatic amines is 1. The molecule has 1 saturated heterocycles. The highest BCUT2D eigenvalue weighted by atomic mass is 19.1. The first-order valence-corrected chi connectivity index (χ1v) is 13.8. The summed E-state index contributed by atoms with van der Waals surface area (Å²) in [4.78, 5) is 31.4. The van der Waals surface area contributed by atoms with Gasteiger partial charge >= 0.3 is 5.91 Å². The molecule has 1 aliphatic rings. The van der Waals surface area contributed by atoms with E-state index in [4.69, 9.17) is 9.47 Å². The number of carbonyl (C=O) groups excluding carboxylic acids is 2. The van der Waals surface area contributed by atoms with Crippen molar-refractivity contribution < 1.29 is 23.5 Å². The molecule has 214 valence electrons. The Balaban J connectivity index is 1.47. The number of ether oxygens (including phenoxy) is 2. The molecule has 1 aromatic heterocycles. The number of carbonyl (C=O) groups is 2. The highest BCUT2D eigenvalue weighted by Crippen LogP contribution is 2.33. The number of fused-ring (bicyclic) bond motifs is 1. The van der Waals surface area contributed by atoms with Gasteiger partial charge in [0.2, 0.25) is 0 Å². The van der Waals surface area contributed by atoms with Gasteiger partial charge < -0.3 is 9.47 Å². The molecule has 0 spiro atoms. The molecule has 0 saturated carbocycles. The molecule has 1 N–H and O–H groups in total. The van der Waals surface area contributed by atoms with Gasteiger partial charge in [0.1, 0.15) is 24.0 Å². The Kier molecular flexibility index (Phi) is 8.19. The molecule has 3 aromatic carbocycles. The normalized spacial score (nSPS) is 14.3. The number of benzene rings is 3. The SMILES string of the molecule is Cc1cc(N(C(=O)C(=O)c2ccc(OCCN3CCOCC3)c3ccccc23)c2cc(C(C)(C)C)n[nH]2)ccc1F. The van der Waals surface area contributed by atoms with E-state index in [0.29, 0.717) is 34.8 Å². The van der Waals surface area contributed by atoms with E-state index in [0.717, 1.165) is 43.9 Å². The van der Waals surface area contributed by atoms with Gasteiger partial charge in [-0.2, -0.15) is 5.10 Å². The Bertz CT molecular complexity index is 1570. The number of halogens is 1. The number of aromatic nitrogens is 2. The summed E-state index contributed by atoms with van der Waals surface area (Å²) < 4.78 is 25.7. The minimum absolute atomic E-state index is 0.255. The Morgan fingerprint density at radius 2 is 1.78 bits per heavy atom. The van der Waals surface area contributed by atoms with Crippen LogP contribution in [-0.2, 0) is 14.9 Å². The van der Waals surface area contributed by atoms with Crippen molar-refractivity contribution >= 4 is 34.0 Å². The van der Waals surface area contributed by atoms with Gasteiger partial charge in [0.25, 0.3) is 5.78 Å². The van der Waals surface area contributed by atoms with Crippen LogP contribution in [0.2, 0.25) is 0 Å². The number of anilines is 2. The number of morpholine rings is 1. The summed E-state index contributed by atoms with van der Waals surface area (Å²) in [5.41, 5.74) is 1.40. The Morgan fingerprint density at radius 3 is 2.46 bits per heavy atom. The molecule has 2 heterocycles. The summed E-state index contributed by atoms with van der Waals surface area (Å²) in [6.45, 7) is 12.1. The maximum absolute atomic E-state index is 14.1. The predicted molar refractivity (Wildman–Crippen MR) is 157 cm³/mol. The third-order valence-corrected chi connectivity index (χ3v) is 7.27. The number of aryl methyl sites for hydroxylation is 1. The van der Waals surface area contributed by atoms with E-state index < -0.39 is 17.5 Å². The summed E-state index contributed by atoms with van der Waals surface area (Å²) in [5.74, 6) is -0.914. The number of nitrogens with zero attached hydrogens (tertiary/aromatic N) is 3. The van der Waals surface area contributed by atoms with Crippen LogP contribution in [-0.4, -0.2) is 66.2 Å². The molecule has 9 heteroatoms. The van der Waals surface area contributed by atoms with Crippen molar-refractivity contribution in [1.82, 2.24) is 15.1 Å². The second-order valence-electron chi connectivity index (χ2n) is 11.3. The molecule has 4 aromatic rings. The Labute approximate surface area is 239 Å². The molecule has 0 atom stereocenters. The van der Waals surface area contributed by atoms with Crippen LogP contribution in [0.5, 0.6) is 5.75 Å². The number of hydrogen-bond donors (Lipinski definition) is 1. The Hall–Kier alpha value is -4.08. The standard InChI is InChI=1S/C32H35FN4O4/c1-21-19-22(9-11-26(21)33)37(29-20-28(34-35-29)32(2,3)4)31(39)30(38)25-10-12-27(24-8-6-5-7-23(24)25)41-18-15-36-13-16-40-17-14-36/h5-12,19-20H,13-18H2,1-4H3,(H,34,35). The van der Waals surface area contributed by atoms with Gasteiger partial charge in [-0.15, -0.1) is 0 Å². The third kappa shape index (κ3) is 6.16. The summed E-state index contributed by atoms with van der Waals surface area (Å²) in [5, 5.41) is 8.65. The van der Waals surface area contributed by atoms with Crippen molar-refractivity contribution in [2.24, 2.45) is 0 Å². The van der Waals surface area contributed by atoms with Crippen molar-refractivity contribution in [2.45, 2.75) is 33.1 Å². The van der Waals surface area contributed by atoms with Gasteiger partial charge in [-0.3, -0.25) is 24.5 Å². The summed E-state index contributed by atoms with van der Waals surface area (Å²) in [6, 6.07) is 16.8. The molecule has 41 heavy (non-hydrogen) atoms. The van der Waals surface area contributed by atoms with E-state index in [1.807, 2.05) is 45.0 Å². The molecule has 0 radical (unpaired) electrons. The van der Waals surface area contributed by atoms with E-state index in [-0.39, 0.29) is 11.0 Å². The van der Waals surface area contributed by atoms with Crippen LogP contribution in [0.4, 0.5) is 15.9 Å². The van der Waals surface area contributed by atoms with Gasteiger partial charge in [-0.1, -0.05) is 45.0 Å². The minimum Gasteiger partial charge on any atom is -0.492 e. The lowest BCUT2D eigenvalue weighted by molar-refractivity contribution is -0.114. The number of Topliss-reactive ketones (excluding diaryl/α,β-unsaturated/α-hetero) is 1. The topological polar surface area (TPSA) is 87.8 Å². The number of H-pyrrole nitrogens is 1. The van der Waals surface area contributed by atoms with Crippen molar-refractivity contribution in [1.29, 1.82) is 0 Å². The summed E-state index contributed by atoms with van der Waals surface area (Å²) in [7, 11) is 0. The smallest absolute Gasteiger partial charge is 0.305 e. The molecule has 5 rings (SSSR count). The van der Waals surface area contributed by atoms with Crippen LogP contribution < -0.4 is 9.64 Å². The zero-order valence-corrected chi connectivity index (χ0v) is 23.9. The molecule has 1 aliphatic heterocycles. The monoisotopic (exact) mass is 558 g/mol. The van der Waals surface area contributed by atoms with E-state index in [1.165, 1.54) is 17.0 Å². The molecule has 1 amide bonds. The van der Waals surface area contributed by atoms with Gasteiger partial charge in [-0.25, -0.2) is 4.39 Å². The zero-order chi connectivity index (χ0) is 29.1. The minimum atomic E-state index is -0.786. The van der Waals surface area contributed by atoms with Crippen LogP contribution in [0.3, 0.4) is 0 Å². The lowest BCUT2D eigenvalue weighted by Crippen LogP contribution is -2.38. The second-order valence-corrected chi connectivity index (χ2v) is 11.3. The summed E-state index contributed by atoms with van der Waals surface area (Å²) in [6.07, 6.45) is 0. The molecular weight excluding hydrogens is 523 g/mol. The zero-order valence-electron chi connectivity index (χ0n) is 23.9. The molecule has 0 aliphatic carbocycles. The lowest BCUT2D eigenvalue weighted by Gasteiger charge is -2.26. The molecule has 8 nitrogen and oxygen atoms in total. The first-order valence-electron chi connectivity index (χ1n) is 13.8. The second kappa shape index (κ2) is 11.8. The van der Waals surface area contributed by atoms with E-state index in [1.54, 1.807) is 31.2 Å². The van der Waals surface area contributed by atoms with Crippen LogP contribution in [0.25, 0.3) is 10.8 Å². The molecule has 1 fully saturated rings. The first-order chi connectivity index (χ1) is 19.6. The quantitative estimate of drug-likeness (QED) is 0.225. The Morgan fingerprint density at radius 1 is 1.05 bits per heavy atom. The number of hydrogen-bond acceptors (Lipinski definition) is 6. The van der Waals surface area contributed by atoms with Gasteiger partial charge in [0.15, 0.2) is 0 Å². The molecular formula is C32H35FN4O4. The van der Waals surface area contributed by atoms with E-state index in [9.17, 15) is 14.0 Å². The maximum atomic E-state index is 14.1. The van der Waals surface area contributed by atoms with Gasteiger partial charge in [0, 0.05) is 42.1 Å². The fourth-order valence-corrected chi connectivity index (χ4v) is 4.87. The number of ketones is 1. The van der Waals surface area contributed by atoms with Crippen molar-refractivity contribution in [3.63, 3.8) is 0 Å².